The van der Waals surface area contributed by atoms with E-state index >= 15 is 0 Å². The van der Waals surface area contributed by atoms with Gasteiger partial charge in [-0.25, -0.2) is 0 Å². The molecule has 176 valence electrons. The molecule has 2 fully saturated rings. The van der Waals surface area contributed by atoms with E-state index in [-0.39, 0.29) is 5.91 Å². The molecule has 1 atom stereocenters. The van der Waals surface area contributed by atoms with E-state index in [9.17, 15) is 4.79 Å². The lowest BCUT2D eigenvalue weighted by Gasteiger charge is -2.34. The van der Waals surface area contributed by atoms with E-state index in [1.807, 2.05) is 17.0 Å². The Hall–Kier alpha value is -2.12. The predicted molar refractivity (Wildman–Crippen MR) is 125 cm³/mol. The monoisotopic (exact) mass is 442 g/mol. The van der Waals surface area contributed by atoms with Crippen LogP contribution in [0.5, 0.6) is 0 Å². The number of rotatable bonds is 8. The van der Waals surface area contributed by atoms with Crippen LogP contribution in [0.15, 0.2) is 29.3 Å². The van der Waals surface area contributed by atoms with E-state index < -0.39 is 0 Å². The molecule has 1 aromatic rings. The number of guanidine groups is 1. The number of carbonyl (C=O) groups is 1. The van der Waals surface area contributed by atoms with Crippen molar-refractivity contribution in [3.05, 3.63) is 35.4 Å². The second-order valence-electron chi connectivity index (χ2n) is 9.01. The van der Waals surface area contributed by atoms with Crippen molar-refractivity contribution in [2.75, 3.05) is 39.4 Å². The summed E-state index contributed by atoms with van der Waals surface area (Å²) in [6, 6.07) is 8.32. The maximum Gasteiger partial charge on any atom is 0.223 e. The number of amides is 1. The third-order valence-electron chi connectivity index (χ3n) is 6.62. The fourth-order valence-corrected chi connectivity index (χ4v) is 4.76. The van der Waals surface area contributed by atoms with Crippen LogP contribution in [0.2, 0.25) is 0 Å². The number of nitrogens with zero attached hydrogens (tertiary/aromatic N) is 3. The number of hydrogen-bond acceptors (Lipinski definition) is 4. The lowest BCUT2D eigenvalue weighted by Crippen LogP contribution is -2.47. The number of nitrogens with one attached hydrogen (secondary N) is 1. The third-order valence-corrected chi connectivity index (χ3v) is 6.62. The quantitative estimate of drug-likeness (QED) is 0.381. The van der Waals surface area contributed by atoms with Gasteiger partial charge in [0.2, 0.25) is 5.91 Å². The zero-order chi connectivity index (χ0) is 22.2. The number of benzene rings is 1. The Morgan fingerprint density at radius 3 is 2.56 bits per heavy atom. The van der Waals surface area contributed by atoms with E-state index in [2.05, 4.69) is 29.3 Å². The second-order valence-corrected chi connectivity index (χ2v) is 9.01. The van der Waals surface area contributed by atoms with Crippen molar-refractivity contribution in [2.24, 2.45) is 4.99 Å². The van der Waals surface area contributed by atoms with Crippen LogP contribution < -0.4 is 5.32 Å². The van der Waals surface area contributed by atoms with E-state index in [0.717, 1.165) is 84.0 Å². The van der Waals surface area contributed by atoms with Crippen molar-refractivity contribution in [1.29, 1.82) is 0 Å². The van der Waals surface area contributed by atoms with E-state index in [1.165, 1.54) is 11.1 Å². The number of likely N-dealkylation sites (tertiary alicyclic amines) is 1. The number of ether oxygens (including phenoxy) is 2. The van der Waals surface area contributed by atoms with Gasteiger partial charge in [-0.15, -0.1) is 0 Å². The molecular weight excluding hydrogens is 404 g/mol. The Morgan fingerprint density at radius 2 is 1.91 bits per heavy atom. The van der Waals surface area contributed by atoms with Gasteiger partial charge in [0.15, 0.2) is 5.96 Å². The van der Waals surface area contributed by atoms with Gasteiger partial charge in [0.1, 0.15) is 0 Å². The summed E-state index contributed by atoms with van der Waals surface area (Å²) < 4.78 is 11.8. The summed E-state index contributed by atoms with van der Waals surface area (Å²) in [6.07, 6.45) is 6.27. The molecule has 7 nitrogen and oxygen atoms in total. The number of carbonyl (C=O) groups excluding carboxylic acids is 1. The number of piperidine rings is 1. The molecule has 0 spiro atoms. The molecule has 0 saturated carbocycles. The lowest BCUT2D eigenvalue weighted by molar-refractivity contribution is -0.131. The summed E-state index contributed by atoms with van der Waals surface area (Å²) in [5.74, 6) is 1.19. The Bertz CT molecular complexity index is 745. The van der Waals surface area contributed by atoms with Crippen LogP contribution in [0.25, 0.3) is 0 Å². The fraction of sp³-hybridized carbons (Fsp3) is 0.680. The van der Waals surface area contributed by atoms with Gasteiger partial charge in [0.05, 0.1) is 18.8 Å². The number of hydrogen-bond donors (Lipinski definition) is 1. The smallest absolute Gasteiger partial charge is 0.223 e. The molecule has 4 rings (SSSR count). The minimum atomic E-state index is 0.227. The molecule has 3 aliphatic rings. The minimum Gasteiger partial charge on any atom is -0.376 e. The molecule has 1 aromatic carbocycles. The van der Waals surface area contributed by atoms with Crippen molar-refractivity contribution in [3.8, 4) is 0 Å². The summed E-state index contributed by atoms with van der Waals surface area (Å²) in [4.78, 5) is 21.7. The molecule has 1 unspecified atom stereocenters. The molecule has 0 aromatic heterocycles. The first kappa shape index (κ1) is 23.1. The van der Waals surface area contributed by atoms with Crippen LogP contribution in [0, 0.1) is 0 Å². The highest BCUT2D eigenvalue weighted by atomic mass is 16.5. The first-order valence-corrected chi connectivity index (χ1v) is 12.3. The van der Waals surface area contributed by atoms with Crippen LogP contribution in [0.4, 0.5) is 0 Å². The van der Waals surface area contributed by atoms with Crippen molar-refractivity contribution in [1.82, 2.24) is 15.1 Å². The van der Waals surface area contributed by atoms with Crippen LogP contribution in [-0.2, 0) is 27.4 Å². The molecule has 2 saturated heterocycles. The van der Waals surface area contributed by atoms with Gasteiger partial charge in [-0.1, -0.05) is 24.3 Å². The normalized spacial score (nSPS) is 21.8. The van der Waals surface area contributed by atoms with Crippen LogP contribution in [0.1, 0.15) is 56.6 Å². The van der Waals surface area contributed by atoms with Gasteiger partial charge in [-0.05, 0) is 50.2 Å². The van der Waals surface area contributed by atoms with E-state index in [4.69, 9.17) is 14.5 Å². The molecule has 1 amide bonds. The van der Waals surface area contributed by atoms with Gasteiger partial charge in [0, 0.05) is 52.3 Å². The van der Waals surface area contributed by atoms with Crippen LogP contribution in [0.3, 0.4) is 0 Å². The summed E-state index contributed by atoms with van der Waals surface area (Å²) in [7, 11) is 0. The Balaban J connectivity index is 1.17. The van der Waals surface area contributed by atoms with Crippen molar-refractivity contribution in [3.63, 3.8) is 0 Å². The molecule has 1 N–H and O–H groups in total. The molecule has 32 heavy (non-hydrogen) atoms. The van der Waals surface area contributed by atoms with Gasteiger partial charge in [-0.2, -0.15) is 0 Å². The van der Waals surface area contributed by atoms with Crippen LogP contribution in [-0.4, -0.2) is 73.3 Å². The van der Waals surface area contributed by atoms with Crippen molar-refractivity contribution in [2.45, 2.75) is 70.7 Å². The number of fused-ring (bicyclic) bond motifs is 1. The number of aliphatic imine (C=N–C) groups is 1. The molecule has 0 radical (unpaired) electrons. The van der Waals surface area contributed by atoms with E-state index in [1.54, 1.807) is 0 Å². The highest BCUT2D eigenvalue weighted by Gasteiger charge is 2.25. The van der Waals surface area contributed by atoms with Crippen LogP contribution >= 0.6 is 0 Å². The maximum atomic E-state index is 12.6. The molecule has 7 heteroatoms. The SMILES string of the molecule is CCNC(=NCCCC(=O)N1Cc2ccccc2C1)N1CCC(OCC2CCCO2)CC1. The summed E-state index contributed by atoms with van der Waals surface area (Å²) in [5, 5.41) is 3.42. The van der Waals surface area contributed by atoms with Gasteiger partial charge in [-0.3, -0.25) is 9.79 Å². The highest BCUT2D eigenvalue weighted by Crippen LogP contribution is 2.23. The Labute approximate surface area is 192 Å². The molecule has 3 heterocycles. The zero-order valence-corrected chi connectivity index (χ0v) is 19.4. The highest BCUT2D eigenvalue weighted by molar-refractivity contribution is 5.80. The standard InChI is InChI=1S/C25H38N4O3/c1-2-26-25(28-14-11-22(12-15-28)32-19-23-9-6-16-31-23)27-13-5-10-24(30)29-17-20-7-3-4-8-21(20)18-29/h3-4,7-8,22-23H,2,5-6,9-19H2,1H3,(H,26,27). The van der Waals surface area contributed by atoms with E-state index in [0.29, 0.717) is 25.2 Å². The fourth-order valence-electron chi connectivity index (χ4n) is 4.76. The van der Waals surface area contributed by atoms with Gasteiger partial charge < -0.3 is 24.6 Å². The second kappa shape index (κ2) is 11.7. The molecular formula is C25H38N4O3. The Kier molecular flexibility index (Phi) is 8.40. The summed E-state index contributed by atoms with van der Waals surface area (Å²) in [5.41, 5.74) is 2.55. The largest absolute Gasteiger partial charge is 0.376 e. The average Bonchev–Trinajstić information content (AvgIpc) is 3.50. The topological polar surface area (TPSA) is 66.4 Å². The van der Waals surface area contributed by atoms with Crippen molar-refractivity contribution >= 4 is 11.9 Å². The average molecular weight is 443 g/mol. The van der Waals surface area contributed by atoms with Gasteiger partial charge >= 0.3 is 0 Å². The first-order chi connectivity index (χ1) is 15.7. The van der Waals surface area contributed by atoms with Gasteiger partial charge in [0.25, 0.3) is 0 Å². The maximum absolute atomic E-state index is 12.6. The Morgan fingerprint density at radius 1 is 1.16 bits per heavy atom. The lowest BCUT2D eigenvalue weighted by atomic mass is 10.1. The summed E-state index contributed by atoms with van der Waals surface area (Å²) >= 11 is 0. The molecule has 3 aliphatic heterocycles. The predicted octanol–water partition coefficient (Wildman–Crippen LogP) is 2.93. The first-order valence-electron chi connectivity index (χ1n) is 12.3. The van der Waals surface area contributed by atoms with Crippen molar-refractivity contribution < 1.29 is 14.3 Å². The minimum absolute atomic E-state index is 0.227. The molecule has 0 aliphatic carbocycles. The summed E-state index contributed by atoms with van der Waals surface area (Å²) in [6.45, 7) is 8.61. The molecule has 0 bridgehead atoms. The zero-order valence-electron chi connectivity index (χ0n) is 19.4. The third kappa shape index (κ3) is 6.23.